The summed E-state index contributed by atoms with van der Waals surface area (Å²) in [5, 5.41) is 2.43. The summed E-state index contributed by atoms with van der Waals surface area (Å²) in [6, 6.07) is 0.0421. The summed E-state index contributed by atoms with van der Waals surface area (Å²) in [5.41, 5.74) is 6.35. The van der Waals surface area contributed by atoms with Gasteiger partial charge in [-0.3, -0.25) is 0 Å². The van der Waals surface area contributed by atoms with Crippen LogP contribution in [0.2, 0.25) is 0 Å². The number of aromatic nitrogens is 1. The molecule has 0 saturated carbocycles. The highest BCUT2D eigenvalue weighted by atomic mass is 32.1. The first kappa shape index (κ1) is 15.1. The van der Waals surface area contributed by atoms with Crippen LogP contribution in [0, 0.1) is 5.92 Å². The van der Waals surface area contributed by atoms with Crippen LogP contribution in [0.15, 0.2) is 5.38 Å². The van der Waals surface area contributed by atoms with Gasteiger partial charge < -0.3 is 15.2 Å². The molecule has 5 nitrogen and oxygen atoms in total. The molecular formula is C12H20N2O3S. The second kappa shape index (κ2) is 6.82. The summed E-state index contributed by atoms with van der Waals surface area (Å²) in [6.45, 7) is 4.14. The maximum atomic E-state index is 11.3. The van der Waals surface area contributed by atoms with Crippen LogP contribution in [0.5, 0.6) is 0 Å². The Kier molecular flexibility index (Phi) is 5.71. The van der Waals surface area contributed by atoms with Crippen molar-refractivity contribution < 1.29 is 14.3 Å². The second-order valence-electron chi connectivity index (χ2n) is 4.43. The molecule has 0 aliphatic heterocycles. The standard InChI is InChI=1S/C12H20N2O3S/c1-7(2)8(13)5-10(16-3)11-14-9(6-18-11)12(15)17-4/h6-8,10H,5,13H2,1-4H3/t8-,10-/m1/s1. The molecule has 6 heteroatoms. The molecule has 0 aliphatic rings. The van der Waals surface area contributed by atoms with E-state index in [4.69, 9.17) is 10.5 Å². The van der Waals surface area contributed by atoms with Crippen LogP contribution in [0.3, 0.4) is 0 Å². The Morgan fingerprint density at radius 1 is 1.50 bits per heavy atom. The van der Waals surface area contributed by atoms with Crippen molar-refractivity contribution >= 4 is 17.3 Å². The summed E-state index contributed by atoms with van der Waals surface area (Å²) in [6.07, 6.45) is 0.508. The molecule has 0 saturated heterocycles. The largest absolute Gasteiger partial charge is 0.464 e. The number of esters is 1. The zero-order valence-electron chi connectivity index (χ0n) is 11.2. The Labute approximate surface area is 111 Å². The Morgan fingerprint density at radius 3 is 2.67 bits per heavy atom. The van der Waals surface area contributed by atoms with E-state index in [0.717, 1.165) is 5.01 Å². The van der Waals surface area contributed by atoms with Gasteiger partial charge in [-0.15, -0.1) is 11.3 Å². The fraction of sp³-hybridized carbons (Fsp3) is 0.667. The first-order valence-electron chi connectivity index (χ1n) is 5.81. The summed E-state index contributed by atoms with van der Waals surface area (Å²) >= 11 is 1.39. The number of thiazole rings is 1. The van der Waals surface area contributed by atoms with Gasteiger partial charge >= 0.3 is 5.97 Å². The highest BCUT2D eigenvalue weighted by Crippen LogP contribution is 2.26. The molecule has 2 atom stereocenters. The lowest BCUT2D eigenvalue weighted by Crippen LogP contribution is -2.29. The van der Waals surface area contributed by atoms with E-state index in [1.54, 1.807) is 12.5 Å². The average Bonchev–Trinajstić information content (AvgIpc) is 2.83. The van der Waals surface area contributed by atoms with Gasteiger partial charge in [-0.1, -0.05) is 13.8 Å². The highest BCUT2D eigenvalue weighted by Gasteiger charge is 2.21. The quantitative estimate of drug-likeness (QED) is 0.802. The number of ether oxygens (including phenoxy) is 2. The van der Waals surface area contributed by atoms with Gasteiger partial charge in [0.1, 0.15) is 11.1 Å². The lowest BCUT2D eigenvalue weighted by Gasteiger charge is -2.20. The van der Waals surface area contributed by atoms with Gasteiger partial charge in [0.25, 0.3) is 0 Å². The Bertz CT molecular complexity index is 392. The van der Waals surface area contributed by atoms with E-state index >= 15 is 0 Å². The van der Waals surface area contributed by atoms with Crippen molar-refractivity contribution in [2.24, 2.45) is 11.7 Å². The molecule has 1 aromatic rings. The predicted molar refractivity (Wildman–Crippen MR) is 70.6 cm³/mol. The number of rotatable bonds is 6. The number of hydrogen-bond donors (Lipinski definition) is 1. The van der Waals surface area contributed by atoms with E-state index in [0.29, 0.717) is 18.0 Å². The van der Waals surface area contributed by atoms with Crippen molar-refractivity contribution in [2.45, 2.75) is 32.4 Å². The van der Waals surface area contributed by atoms with Crippen molar-refractivity contribution in [1.82, 2.24) is 4.98 Å². The van der Waals surface area contributed by atoms with Gasteiger partial charge in [-0.25, -0.2) is 9.78 Å². The Morgan fingerprint density at radius 2 is 2.17 bits per heavy atom. The molecule has 0 unspecified atom stereocenters. The van der Waals surface area contributed by atoms with Crippen molar-refractivity contribution in [3.05, 3.63) is 16.1 Å². The SMILES string of the molecule is COC(=O)c1csc([C@@H](C[C@@H](N)C(C)C)OC)n1. The summed E-state index contributed by atoms with van der Waals surface area (Å²) in [7, 11) is 2.96. The zero-order valence-corrected chi connectivity index (χ0v) is 12.0. The molecule has 0 aliphatic carbocycles. The third kappa shape index (κ3) is 3.76. The normalized spacial score (nSPS) is 14.6. The molecule has 0 spiro atoms. The minimum Gasteiger partial charge on any atom is -0.464 e. The Balaban J connectivity index is 2.76. The van der Waals surface area contributed by atoms with Crippen LogP contribution >= 0.6 is 11.3 Å². The van der Waals surface area contributed by atoms with Gasteiger partial charge in [0, 0.05) is 18.5 Å². The van der Waals surface area contributed by atoms with Crippen molar-refractivity contribution in [3.8, 4) is 0 Å². The third-order valence-electron chi connectivity index (χ3n) is 2.82. The van der Waals surface area contributed by atoms with Crippen LogP contribution in [0.25, 0.3) is 0 Å². The lowest BCUT2D eigenvalue weighted by atomic mass is 9.99. The fourth-order valence-corrected chi connectivity index (χ4v) is 2.33. The average molecular weight is 272 g/mol. The second-order valence-corrected chi connectivity index (χ2v) is 5.32. The van der Waals surface area contributed by atoms with E-state index < -0.39 is 5.97 Å². The van der Waals surface area contributed by atoms with Crippen molar-refractivity contribution in [3.63, 3.8) is 0 Å². The van der Waals surface area contributed by atoms with E-state index in [1.165, 1.54) is 18.4 Å². The maximum Gasteiger partial charge on any atom is 0.357 e. The number of carbonyl (C=O) groups excluding carboxylic acids is 1. The maximum absolute atomic E-state index is 11.3. The fourth-order valence-electron chi connectivity index (χ4n) is 1.45. The predicted octanol–water partition coefficient (Wildman–Crippen LogP) is 1.99. The molecular weight excluding hydrogens is 252 g/mol. The van der Waals surface area contributed by atoms with Crippen LogP contribution in [0.4, 0.5) is 0 Å². The smallest absolute Gasteiger partial charge is 0.357 e. The molecule has 1 heterocycles. The zero-order chi connectivity index (χ0) is 13.7. The topological polar surface area (TPSA) is 74.4 Å². The molecule has 0 amide bonds. The van der Waals surface area contributed by atoms with Gasteiger partial charge in [0.15, 0.2) is 5.69 Å². The van der Waals surface area contributed by atoms with Crippen molar-refractivity contribution in [2.75, 3.05) is 14.2 Å². The van der Waals surface area contributed by atoms with E-state index in [2.05, 4.69) is 23.6 Å². The van der Waals surface area contributed by atoms with Crippen LogP contribution in [0.1, 0.15) is 41.9 Å². The first-order chi connectivity index (χ1) is 8.49. The third-order valence-corrected chi connectivity index (χ3v) is 3.76. The van der Waals surface area contributed by atoms with Crippen LogP contribution < -0.4 is 5.73 Å². The number of nitrogens with two attached hydrogens (primary N) is 1. The number of nitrogens with zero attached hydrogens (tertiary/aromatic N) is 1. The molecule has 0 fully saturated rings. The summed E-state index contributed by atoms with van der Waals surface area (Å²) in [5.74, 6) is -0.0526. The molecule has 18 heavy (non-hydrogen) atoms. The molecule has 1 rings (SSSR count). The minimum atomic E-state index is -0.430. The van der Waals surface area contributed by atoms with E-state index in [9.17, 15) is 4.79 Å². The highest BCUT2D eigenvalue weighted by molar-refractivity contribution is 7.09. The van der Waals surface area contributed by atoms with Gasteiger partial charge in [-0.2, -0.15) is 0 Å². The minimum absolute atomic E-state index is 0.0421. The van der Waals surface area contributed by atoms with E-state index in [1.807, 2.05) is 0 Å². The van der Waals surface area contributed by atoms with Gasteiger partial charge in [0.05, 0.1) is 7.11 Å². The molecule has 102 valence electrons. The van der Waals surface area contributed by atoms with Gasteiger partial charge in [-0.05, 0) is 12.3 Å². The molecule has 0 radical (unpaired) electrons. The molecule has 0 bridgehead atoms. The Hall–Kier alpha value is -0.980. The number of carbonyl (C=O) groups is 1. The van der Waals surface area contributed by atoms with E-state index in [-0.39, 0.29) is 12.1 Å². The molecule has 2 N–H and O–H groups in total. The van der Waals surface area contributed by atoms with Crippen LogP contribution in [-0.2, 0) is 9.47 Å². The molecule has 0 aromatic carbocycles. The monoisotopic (exact) mass is 272 g/mol. The summed E-state index contributed by atoms with van der Waals surface area (Å²) in [4.78, 5) is 15.6. The number of hydrogen-bond acceptors (Lipinski definition) is 6. The first-order valence-corrected chi connectivity index (χ1v) is 6.69. The molecule has 1 aromatic heterocycles. The summed E-state index contributed by atoms with van der Waals surface area (Å²) < 4.78 is 10.0. The van der Waals surface area contributed by atoms with Crippen molar-refractivity contribution in [1.29, 1.82) is 0 Å². The van der Waals surface area contributed by atoms with Gasteiger partial charge in [0.2, 0.25) is 0 Å². The number of methoxy groups -OCH3 is 2. The van der Waals surface area contributed by atoms with Crippen LogP contribution in [-0.4, -0.2) is 31.2 Å². The lowest BCUT2D eigenvalue weighted by molar-refractivity contribution is 0.0591.